The van der Waals surface area contributed by atoms with E-state index in [4.69, 9.17) is 24.2 Å². The smallest absolute Gasteiger partial charge is 0.103 e. The van der Waals surface area contributed by atoms with Gasteiger partial charge < -0.3 is 10.8 Å². The Labute approximate surface area is 106 Å². The monoisotopic (exact) mass is 241 g/mol. The molecule has 0 saturated carbocycles. The molecule has 3 nitrogen and oxygen atoms in total. The van der Waals surface area contributed by atoms with E-state index in [1.807, 2.05) is 0 Å². The Balaban J connectivity index is 2.87. The van der Waals surface area contributed by atoms with Crippen LogP contribution < -0.4 is 5.73 Å². The fourth-order valence-corrected chi connectivity index (χ4v) is 1.55. The van der Waals surface area contributed by atoms with Crippen molar-refractivity contribution in [3.63, 3.8) is 0 Å². The number of nitrogens with two attached hydrogens (primary N) is 1. The molecule has 16 heavy (non-hydrogen) atoms. The van der Waals surface area contributed by atoms with Crippen molar-refractivity contribution in [2.24, 2.45) is 0 Å². The van der Waals surface area contributed by atoms with E-state index in [2.05, 4.69) is 4.98 Å². The normalized spacial score (nSPS) is 20.3. The van der Waals surface area contributed by atoms with Crippen molar-refractivity contribution in [3.8, 4) is 0 Å². The predicted molar refractivity (Wildman–Crippen MR) is 66.4 cm³/mol. The lowest BCUT2D eigenvalue weighted by molar-refractivity contribution is 0.0751. The molecule has 0 fully saturated rings. The third-order valence-corrected chi connectivity index (χ3v) is 2.32. The van der Waals surface area contributed by atoms with E-state index in [0.717, 1.165) is 6.92 Å². The number of halogens is 1. The molecule has 3 N–H and O–H groups in total. The minimum Gasteiger partial charge on any atom is -0.397 e. The number of aliphatic hydroxyl groups is 1. The van der Waals surface area contributed by atoms with Gasteiger partial charge in [-0.05, 0) is 38.0 Å². The Morgan fingerprint density at radius 1 is 1.56 bits per heavy atom. The van der Waals surface area contributed by atoms with Crippen molar-refractivity contribution in [1.82, 2.24) is 4.98 Å². The second-order valence-corrected chi connectivity index (χ2v) is 4.05. The van der Waals surface area contributed by atoms with Crippen LogP contribution in [-0.2, 0) is 5.60 Å². The van der Waals surface area contributed by atoms with Crippen LogP contribution in [0.1, 0.15) is 26.3 Å². The highest BCUT2D eigenvalue weighted by Crippen LogP contribution is 2.28. The molecular formula is C12H13ClN2O. The summed E-state index contributed by atoms with van der Waals surface area (Å²) >= 11 is 5.84. The molecule has 0 spiro atoms. The molecule has 1 aromatic heterocycles. The lowest BCUT2D eigenvalue weighted by atomic mass is 10.0. The Morgan fingerprint density at radius 3 is 3.00 bits per heavy atom. The molecule has 1 unspecified atom stereocenters. The zero-order valence-corrected chi connectivity index (χ0v) is 9.26. The first-order chi connectivity index (χ1) is 9.48. The summed E-state index contributed by atoms with van der Waals surface area (Å²) in [5.41, 5.74) is 3.06. The first-order valence-corrected chi connectivity index (χ1v) is 4.94. The van der Waals surface area contributed by atoms with Crippen LogP contribution in [-0.4, -0.2) is 10.1 Å². The molecule has 1 aromatic carbocycles. The van der Waals surface area contributed by atoms with Crippen LogP contribution in [0.2, 0.25) is 5.02 Å². The quantitative estimate of drug-likeness (QED) is 0.807. The van der Waals surface area contributed by atoms with Gasteiger partial charge in [0.25, 0.3) is 0 Å². The molecule has 1 atom stereocenters. The number of nitrogens with zero attached hydrogens (tertiary/aromatic N) is 1. The van der Waals surface area contributed by atoms with E-state index in [1.54, 1.807) is 0 Å². The Morgan fingerprint density at radius 2 is 2.31 bits per heavy atom. The van der Waals surface area contributed by atoms with Crippen LogP contribution in [0.3, 0.4) is 0 Å². The van der Waals surface area contributed by atoms with Gasteiger partial charge in [-0.2, -0.15) is 0 Å². The number of rotatable bonds is 1. The first-order valence-electron chi connectivity index (χ1n) is 7.06. The molecule has 1 heterocycles. The molecule has 0 bridgehead atoms. The number of pyridine rings is 1. The molecule has 0 saturated heterocycles. The molecule has 4 heteroatoms. The van der Waals surface area contributed by atoms with Gasteiger partial charge in [0, 0.05) is 14.5 Å². The largest absolute Gasteiger partial charge is 0.397 e. The number of nitrogen functional groups attached to an aromatic ring is 1. The lowest BCUT2D eigenvalue weighted by Crippen LogP contribution is -2.19. The van der Waals surface area contributed by atoms with Gasteiger partial charge in [0.2, 0.25) is 0 Å². The van der Waals surface area contributed by atoms with Crippen LogP contribution in [0.5, 0.6) is 0 Å². The van der Waals surface area contributed by atoms with Crippen molar-refractivity contribution in [2.45, 2.75) is 19.4 Å². The van der Waals surface area contributed by atoms with E-state index in [1.165, 1.54) is 12.1 Å². The van der Waals surface area contributed by atoms with Crippen LogP contribution in [0.4, 0.5) is 5.69 Å². The van der Waals surface area contributed by atoms with E-state index < -0.39 is 12.5 Å². The summed E-state index contributed by atoms with van der Waals surface area (Å²) < 4.78 is 38.0. The van der Waals surface area contributed by atoms with E-state index in [0.29, 0.717) is 0 Å². The number of anilines is 1. The Bertz CT molecular complexity index is 730. The van der Waals surface area contributed by atoms with E-state index in [-0.39, 0.29) is 39.4 Å². The van der Waals surface area contributed by atoms with Crippen LogP contribution in [0.25, 0.3) is 10.9 Å². The number of benzene rings is 1. The number of hydrogen-bond donors (Lipinski definition) is 2. The Kier molecular flexibility index (Phi) is 1.45. The molecule has 0 radical (unpaired) electrons. The molecule has 0 aliphatic carbocycles. The van der Waals surface area contributed by atoms with Gasteiger partial charge in [-0.3, -0.25) is 0 Å². The summed E-state index contributed by atoms with van der Waals surface area (Å²) in [4.78, 5) is 4.04. The highest BCUT2D eigenvalue weighted by molar-refractivity contribution is 6.31. The van der Waals surface area contributed by atoms with Gasteiger partial charge >= 0.3 is 0 Å². The molecule has 0 aliphatic rings. The Hall–Kier alpha value is -1.32. The maximum atomic E-state index is 10.2. The highest BCUT2D eigenvalue weighted by Gasteiger charge is 2.21. The maximum Gasteiger partial charge on any atom is 0.103 e. The van der Waals surface area contributed by atoms with Gasteiger partial charge in [0.1, 0.15) is 5.60 Å². The fraction of sp³-hybridized carbons (Fsp3) is 0.250. The summed E-state index contributed by atoms with van der Waals surface area (Å²) in [7, 11) is 0. The second-order valence-electron chi connectivity index (χ2n) is 3.64. The topological polar surface area (TPSA) is 59.1 Å². The average Bonchev–Trinajstić information content (AvgIpc) is 2.36. The van der Waals surface area contributed by atoms with Crippen molar-refractivity contribution in [3.05, 3.63) is 34.9 Å². The summed E-state index contributed by atoms with van der Waals surface area (Å²) in [5.74, 6) is 0. The highest BCUT2D eigenvalue weighted by atomic mass is 35.5. The van der Waals surface area contributed by atoms with Crippen molar-refractivity contribution < 1.29 is 12.0 Å². The first kappa shape index (κ1) is 6.42. The third kappa shape index (κ3) is 1.96. The number of hydrogen-bond acceptors (Lipinski definition) is 3. The fourth-order valence-electron chi connectivity index (χ4n) is 1.39. The average molecular weight is 242 g/mol. The van der Waals surface area contributed by atoms with Crippen LogP contribution in [0, 0.1) is 0 Å². The molecule has 2 aromatic rings. The van der Waals surface area contributed by atoms with Crippen molar-refractivity contribution in [2.75, 3.05) is 5.73 Å². The predicted octanol–water partition coefficient (Wildman–Crippen LogP) is 2.70. The number of aromatic nitrogens is 1. The lowest BCUT2D eigenvalue weighted by Gasteiger charge is -2.19. The minimum absolute atomic E-state index is 0.113. The standard InChI is InChI=1S/C12H13ClN2O/c1-12(2,16)11-9(14)6-7-5-8(13)3-4-10(7)15-11/h3-6,16H,14H2,1-2H3/i1D3,5D,6D. The summed E-state index contributed by atoms with van der Waals surface area (Å²) in [6, 6.07) is 2.49. The summed E-state index contributed by atoms with van der Waals surface area (Å²) in [6.45, 7) is -1.69. The number of fused-ring (bicyclic) bond motifs is 1. The van der Waals surface area contributed by atoms with Crippen molar-refractivity contribution in [1.29, 1.82) is 0 Å². The maximum absolute atomic E-state index is 10.2. The van der Waals surface area contributed by atoms with Crippen LogP contribution in [0.15, 0.2) is 24.2 Å². The molecule has 2 rings (SSSR count). The van der Waals surface area contributed by atoms with Crippen LogP contribution >= 0.6 is 11.6 Å². The molecule has 84 valence electrons. The molecular weight excluding hydrogens is 224 g/mol. The minimum atomic E-state index is -2.76. The summed E-state index contributed by atoms with van der Waals surface area (Å²) in [5, 5.41) is 10.5. The van der Waals surface area contributed by atoms with Gasteiger partial charge in [-0.1, -0.05) is 11.6 Å². The van der Waals surface area contributed by atoms with Gasteiger partial charge in [0.05, 0.1) is 19.6 Å². The van der Waals surface area contributed by atoms with Gasteiger partial charge in [0.15, 0.2) is 0 Å². The summed E-state index contributed by atoms with van der Waals surface area (Å²) in [6.07, 6.45) is 0. The van der Waals surface area contributed by atoms with Gasteiger partial charge in [-0.15, -0.1) is 0 Å². The third-order valence-electron chi connectivity index (χ3n) is 2.10. The SMILES string of the molecule is [2H]c1c(Cl)ccc2nc(C(C)(O)C([2H])([2H])[2H])c(N)c([2H])c12. The second kappa shape index (κ2) is 3.61. The van der Waals surface area contributed by atoms with E-state index in [9.17, 15) is 5.11 Å². The molecule has 0 aliphatic heterocycles. The zero-order chi connectivity index (χ0) is 16.2. The van der Waals surface area contributed by atoms with E-state index >= 15 is 0 Å². The molecule has 0 amide bonds. The van der Waals surface area contributed by atoms with Gasteiger partial charge in [-0.25, -0.2) is 4.98 Å². The zero-order valence-electron chi connectivity index (χ0n) is 13.5. The van der Waals surface area contributed by atoms with Crippen molar-refractivity contribution >= 4 is 28.2 Å².